The van der Waals surface area contributed by atoms with Gasteiger partial charge in [-0.05, 0) is 68.6 Å². The summed E-state index contributed by atoms with van der Waals surface area (Å²) >= 11 is 0. The van der Waals surface area contributed by atoms with Crippen LogP contribution in [0.1, 0.15) is 37.3 Å². The van der Waals surface area contributed by atoms with Crippen LogP contribution in [-0.4, -0.2) is 45.8 Å². The number of benzene rings is 1. The van der Waals surface area contributed by atoms with Crippen molar-refractivity contribution in [3.8, 4) is 22.8 Å². The first-order valence-corrected chi connectivity index (χ1v) is 10.8. The highest BCUT2D eigenvalue weighted by atomic mass is 16.7. The lowest BCUT2D eigenvalue weighted by molar-refractivity contribution is 0.174. The minimum absolute atomic E-state index is 0.284. The highest BCUT2D eigenvalue weighted by molar-refractivity contribution is 5.65. The number of hydrogen-bond donors (Lipinski definition) is 1. The molecule has 0 saturated carbocycles. The van der Waals surface area contributed by atoms with Crippen molar-refractivity contribution in [2.45, 2.75) is 38.8 Å². The normalized spacial score (nSPS) is 18.0. The van der Waals surface area contributed by atoms with Crippen LogP contribution in [0.25, 0.3) is 11.3 Å². The molecule has 160 valence electrons. The summed E-state index contributed by atoms with van der Waals surface area (Å²) in [6.45, 7) is 7.41. The predicted octanol–water partition coefficient (Wildman–Crippen LogP) is 4.08. The van der Waals surface area contributed by atoms with Crippen LogP contribution >= 0.6 is 0 Å². The fraction of sp³-hybridized carbons (Fsp3) is 0.375. The number of anilines is 1. The fourth-order valence-corrected chi connectivity index (χ4v) is 4.19. The fourth-order valence-electron chi connectivity index (χ4n) is 4.19. The lowest BCUT2D eigenvalue weighted by atomic mass is 9.97. The van der Waals surface area contributed by atoms with Gasteiger partial charge in [0.15, 0.2) is 11.5 Å². The van der Waals surface area contributed by atoms with Crippen molar-refractivity contribution in [2.24, 2.45) is 0 Å². The van der Waals surface area contributed by atoms with E-state index in [9.17, 15) is 0 Å². The molecule has 1 fully saturated rings. The molecule has 2 aromatic heterocycles. The van der Waals surface area contributed by atoms with Crippen LogP contribution in [-0.2, 0) is 6.54 Å². The van der Waals surface area contributed by atoms with Gasteiger partial charge in [0.1, 0.15) is 0 Å². The summed E-state index contributed by atoms with van der Waals surface area (Å²) in [6, 6.07) is 10.7. The molecule has 3 aromatic rings. The molecule has 0 radical (unpaired) electrons. The van der Waals surface area contributed by atoms with Gasteiger partial charge in [-0.25, -0.2) is 9.97 Å². The summed E-state index contributed by atoms with van der Waals surface area (Å²) in [6.07, 6.45) is 6.90. The third-order valence-electron chi connectivity index (χ3n) is 5.73. The number of nitrogens with one attached hydrogen (secondary N) is 1. The lowest BCUT2D eigenvalue weighted by Crippen LogP contribution is -2.20. The molecule has 1 atom stereocenters. The van der Waals surface area contributed by atoms with E-state index in [0.717, 1.165) is 54.4 Å². The Morgan fingerprint density at radius 2 is 1.90 bits per heavy atom. The van der Waals surface area contributed by atoms with Gasteiger partial charge in [-0.15, -0.1) is 0 Å². The standard InChI is InChI=1S/C24H27N5O2/c1-16(2)28-24-26-11-17(12-27-24)13-29-8-6-20(14-29)18-5-7-25-21(9-18)19-3-4-22-23(10-19)31-15-30-22/h3-5,7,9-12,16,20H,6,8,13-15H2,1-2H3,(H,26,27,28). The smallest absolute Gasteiger partial charge is 0.231 e. The van der Waals surface area contributed by atoms with Crippen LogP contribution in [0.2, 0.25) is 0 Å². The summed E-state index contributed by atoms with van der Waals surface area (Å²) < 4.78 is 10.9. The Labute approximate surface area is 182 Å². The van der Waals surface area contributed by atoms with Gasteiger partial charge < -0.3 is 14.8 Å². The van der Waals surface area contributed by atoms with Crippen LogP contribution in [0, 0.1) is 0 Å². The molecule has 1 saturated heterocycles. The summed E-state index contributed by atoms with van der Waals surface area (Å²) in [5, 5.41) is 3.23. The van der Waals surface area contributed by atoms with Crippen molar-refractivity contribution < 1.29 is 9.47 Å². The molecule has 4 heterocycles. The van der Waals surface area contributed by atoms with Gasteiger partial charge in [-0.1, -0.05) is 0 Å². The quantitative estimate of drug-likeness (QED) is 0.648. The van der Waals surface area contributed by atoms with Crippen LogP contribution < -0.4 is 14.8 Å². The van der Waals surface area contributed by atoms with Crippen LogP contribution in [0.4, 0.5) is 5.95 Å². The molecule has 1 unspecified atom stereocenters. The third-order valence-corrected chi connectivity index (χ3v) is 5.73. The minimum Gasteiger partial charge on any atom is -0.454 e. The van der Waals surface area contributed by atoms with Gasteiger partial charge in [0.05, 0.1) is 5.69 Å². The van der Waals surface area contributed by atoms with E-state index in [1.807, 2.05) is 36.8 Å². The number of likely N-dealkylation sites (tertiary alicyclic amines) is 1. The third kappa shape index (κ3) is 4.46. The molecule has 2 aliphatic rings. The maximum atomic E-state index is 5.52. The molecule has 2 aliphatic heterocycles. The predicted molar refractivity (Wildman–Crippen MR) is 119 cm³/mol. The molecule has 0 bridgehead atoms. The van der Waals surface area contributed by atoms with E-state index in [1.54, 1.807) is 0 Å². The first kappa shape index (κ1) is 19.8. The average molecular weight is 418 g/mol. The highest BCUT2D eigenvalue weighted by Gasteiger charge is 2.24. The summed E-state index contributed by atoms with van der Waals surface area (Å²) in [7, 11) is 0. The SMILES string of the molecule is CC(C)Nc1ncc(CN2CCC(c3ccnc(-c4ccc5c(c4)OCO5)c3)C2)cn1. The zero-order valence-electron chi connectivity index (χ0n) is 17.9. The van der Waals surface area contributed by atoms with Crippen molar-refractivity contribution in [3.05, 3.63) is 60.0 Å². The molecule has 7 nitrogen and oxygen atoms in total. The van der Waals surface area contributed by atoms with Crippen molar-refractivity contribution in [3.63, 3.8) is 0 Å². The molecule has 0 spiro atoms. The second-order valence-corrected chi connectivity index (χ2v) is 8.48. The van der Waals surface area contributed by atoms with Gasteiger partial charge in [0.25, 0.3) is 0 Å². The zero-order chi connectivity index (χ0) is 21.2. The monoisotopic (exact) mass is 417 g/mol. The Bertz CT molecular complexity index is 1050. The van der Waals surface area contributed by atoms with Gasteiger partial charge in [-0.2, -0.15) is 0 Å². The second kappa shape index (κ2) is 8.51. The summed E-state index contributed by atoms with van der Waals surface area (Å²) in [5.74, 6) is 2.77. The second-order valence-electron chi connectivity index (χ2n) is 8.48. The number of fused-ring (bicyclic) bond motifs is 1. The van der Waals surface area contributed by atoms with Crippen molar-refractivity contribution in [1.29, 1.82) is 0 Å². The molecular formula is C24H27N5O2. The van der Waals surface area contributed by atoms with Gasteiger partial charge in [0.2, 0.25) is 12.7 Å². The van der Waals surface area contributed by atoms with Crippen molar-refractivity contribution >= 4 is 5.95 Å². The molecular weight excluding hydrogens is 390 g/mol. The summed E-state index contributed by atoms with van der Waals surface area (Å²) in [4.78, 5) is 15.9. The van der Waals surface area contributed by atoms with E-state index in [1.165, 1.54) is 5.56 Å². The maximum Gasteiger partial charge on any atom is 0.231 e. The molecule has 5 rings (SSSR count). The lowest BCUT2D eigenvalue weighted by Gasteiger charge is -2.16. The van der Waals surface area contributed by atoms with Gasteiger partial charge >= 0.3 is 0 Å². The zero-order valence-corrected chi connectivity index (χ0v) is 17.9. The number of nitrogens with zero attached hydrogens (tertiary/aromatic N) is 4. The highest BCUT2D eigenvalue weighted by Crippen LogP contribution is 2.36. The topological polar surface area (TPSA) is 72.4 Å². The number of hydrogen-bond acceptors (Lipinski definition) is 7. The van der Waals surface area contributed by atoms with Crippen LogP contribution in [0.5, 0.6) is 11.5 Å². The van der Waals surface area contributed by atoms with E-state index in [4.69, 9.17) is 9.47 Å². The van der Waals surface area contributed by atoms with E-state index < -0.39 is 0 Å². The van der Waals surface area contributed by atoms with Gasteiger partial charge in [-0.3, -0.25) is 9.88 Å². The summed E-state index contributed by atoms with van der Waals surface area (Å²) in [5.41, 5.74) is 4.49. The molecule has 7 heteroatoms. The van der Waals surface area contributed by atoms with E-state index >= 15 is 0 Å². The number of ether oxygens (including phenoxy) is 2. The molecule has 1 N–H and O–H groups in total. The Kier molecular flexibility index (Phi) is 5.42. The van der Waals surface area contributed by atoms with E-state index in [0.29, 0.717) is 17.9 Å². The van der Waals surface area contributed by atoms with E-state index in [-0.39, 0.29) is 6.79 Å². The number of pyridine rings is 1. The van der Waals surface area contributed by atoms with Crippen LogP contribution in [0.3, 0.4) is 0 Å². The number of aromatic nitrogens is 3. The first-order chi connectivity index (χ1) is 15.1. The number of rotatable bonds is 6. The molecule has 0 aliphatic carbocycles. The Hall–Kier alpha value is -3.19. The largest absolute Gasteiger partial charge is 0.454 e. The van der Waals surface area contributed by atoms with Crippen LogP contribution in [0.15, 0.2) is 48.9 Å². The van der Waals surface area contributed by atoms with E-state index in [2.05, 4.69) is 51.1 Å². The Balaban J connectivity index is 1.24. The first-order valence-electron chi connectivity index (χ1n) is 10.8. The Morgan fingerprint density at radius 3 is 2.74 bits per heavy atom. The minimum atomic E-state index is 0.284. The van der Waals surface area contributed by atoms with Crippen molar-refractivity contribution in [1.82, 2.24) is 19.9 Å². The molecule has 31 heavy (non-hydrogen) atoms. The Morgan fingerprint density at radius 1 is 1.06 bits per heavy atom. The molecule has 0 amide bonds. The maximum absolute atomic E-state index is 5.52. The molecule has 1 aromatic carbocycles. The van der Waals surface area contributed by atoms with Crippen molar-refractivity contribution in [2.75, 3.05) is 25.2 Å². The van der Waals surface area contributed by atoms with Gasteiger partial charge in [0, 0.05) is 48.8 Å². The average Bonchev–Trinajstić information content (AvgIpc) is 3.44.